The molecule has 0 bridgehead atoms. The monoisotopic (exact) mass is 600 g/mol. The van der Waals surface area contributed by atoms with E-state index >= 15 is 0 Å². The van der Waals surface area contributed by atoms with Gasteiger partial charge in [-0.2, -0.15) is 0 Å². The molecule has 3 aromatic rings. The summed E-state index contributed by atoms with van der Waals surface area (Å²) >= 11 is 0. The second kappa shape index (κ2) is 11.4. The van der Waals surface area contributed by atoms with Crippen molar-refractivity contribution in [1.82, 2.24) is 14.8 Å². The molecule has 0 saturated carbocycles. The lowest BCUT2D eigenvalue weighted by atomic mass is 10.0. The molecule has 43 heavy (non-hydrogen) atoms. The number of rotatable bonds is 7. The molecule has 0 unspecified atom stereocenters. The topological polar surface area (TPSA) is 103 Å². The number of carbonyl (C=O) groups is 2. The van der Waals surface area contributed by atoms with Crippen LogP contribution in [0.3, 0.4) is 0 Å². The Morgan fingerprint density at radius 1 is 1.00 bits per heavy atom. The van der Waals surface area contributed by atoms with Crippen LogP contribution in [-0.4, -0.2) is 67.2 Å². The van der Waals surface area contributed by atoms with Crippen LogP contribution in [-0.2, 0) is 20.4 Å². The van der Waals surface area contributed by atoms with E-state index in [-0.39, 0.29) is 28.5 Å². The molecular weight excluding hydrogens is 560 g/mol. The minimum atomic E-state index is -3.67. The van der Waals surface area contributed by atoms with Crippen molar-refractivity contribution in [3.8, 4) is 0 Å². The fraction of sp³-hybridized carbons (Fsp3) is 0.412. The van der Waals surface area contributed by atoms with Gasteiger partial charge in [0.25, 0.3) is 11.8 Å². The standard InChI is InChI=1S/C34H40N4O4S/c1-21-9-7-10-22(2)29(21)20-43(41,42)26-12-13-30-27(17-26)28(33(39)36-30)18-31-23(3)32(24(4)35-31)34(40)38-16-8-11-25(38)19-37-14-5-6-15-37/h7,9-10,12-13,17-18,25,35H,5-6,8,11,14-16,19-20H2,1-4H3,(H,36,39)/b28-18-/t25-/m0/s1. The van der Waals surface area contributed by atoms with Gasteiger partial charge < -0.3 is 20.1 Å². The Kier molecular flexibility index (Phi) is 7.81. The number of fused-ring (bicyclic) bond motifs is 1. The van der Waals surface area contributed by atoms with Crippen molar-refractivity contribution < 1.29 is 18.0 Å². The Balaban J connectivity index is 1.29. The summed E-state index contributed by atoms with van der Waals surface area (Å²) in [7, 11) is -3.67. The molecule has 2 saturated heterocycles. The highest BCUT2D eigenvalue weighted by atomic mass is 32.2. The zero-order chi connectivity index (χ0) is 30.5. The van der Waals surface area contributed by atoms with Crippen LogP contribution in [0.4, 0.5) is 5.69 Å². The molecule has 3 aliphatic heterocycles. The molecule has 3 aliphatic rings. The summed E-state index contributed by atoms with van der Waals surface area (Å²) in [5, 5.41) is 2.87. The Morgan fingerprint density at radius 2 is 1.72 bits per heavy atom. The van der Waals surface area contributed by atoms with E-state index in [0.717, 1.165) is 67.0 Å². The van der Waals surface area contributed by atoms with Gasteiger partial charge in [-0.05, 0) is 113 Å². The van der Waals surface area contributed by atoms with Gasteiger partial charge in [-0.25, -0.2) is 8.42 Å². The number of hydrogen-bond acceptors (Lipinski definition) is 5. The number of benzene rings is 2. The number of aromatic nitrogens is 1. The number of nitrogens with zero attached hydrogens (tertiary/aromatic N) is 2. The number of carbonyl (C=O) groups excluding carboxylic acids is 2. The lowest BCUT2D eigenvalue weighted by Gasteiger charge is -2.28. The Labute approximate surface area is 254 Å². The molecule has 0 radical (unpaired) electrons. The van der Waals surface area contributed by atoms with E-state index in [1.807, 2.05) is 50.8 Å². The highest BCUT2D eigenvalue weighted by Crippen LogP contribution is 2.37. The van der Waals surface area contributed by atoms with Crippen molar-refractivity contribution in [2.75, 3.05) is 31.5 Å². The number of aromatic amines is 1. The molecule has 0 spiro atoms. The Morgan fingerprint density at radius 3 is 2.44 bits per heavy atom. The van der Waals surface area contributed by atoms with Crippen molar-refractivity contribution in [2.45, 2.75) is 70.1 Å². The van der Waals surface area contributed by atoms with E-state index in [1.54, 1.807) is 24.3 Å². The lowest BCUT2D eigenvalue weighted by molar-refractivity contribution is -0.110. The summed E-state index contributed by atoms with van der Waals surface area (Å²) in [6.45, 7) is 11.5. The van der Waals surface area contributed by atoms with Crippen LogP contribution in [0.15, 0.2) is 41.3 Å². The third kappa shape index (κ3) is 5.56. The van der Waals surface area contributed by atoms with E-state index in [4.69, 9.17) is 0 Å². The summed E-state index contributed by atoms with van der Waals surface area (Å²) < 4.78 is 27.0. The maximum Gasteiger partial charge on any atom is 0.256 e. The first kappa shape index (κ1) is 29.4. The number of hydrogen-bond donors (Lipinski definition) is 2. The van der Waals surface area contributed by atoms with Crippen LogP contribution in [0.25, 0.3) is 11.6 Å². The molecule has 9 heteroatoms. The molecule has 2 aromatic carbocycles. The molecule has 2 amide bonds. The van der Waals surface area contributed by atoms with Gasteiger partial charge in [0.15, 0.2) is 9.84 Å². The zero-order valence-corrected chi connectivity index (χ0v) is 26.2. The Bertz CT molecular complexity index is 1730. The average Bonchev–Trinajstić information content (AvgIpc) is 3.75. The molecule has 6 rings (SSSR count). The second-order valence-electron chi connectivity index (χ2n) is 12.3. The summed E-state index contributed by atoms with van der Waals surface area (Å²) in [6, 6.07) is 10.8. The molecule has 1 aromatic heterocycles. The lowest BCUT2D eigenvalue weighted by Crippen LogP contribution is -2.42. The number of aryl methyl sites for hydroxylation is 3. The number of amides is 2. The SMILES string of the molecule is Cc1cccc(C)c1CS(=O)(=O)c1ccc2c(c1)/C(=C/c1[nH]c(C)c(C(=O)N3CCC[C@H]3CN3CCCC3)c1C)C(=O)N2. The first-order chi connectivity index (χ1) is 20.5. The first-order valence-electron chi connectivity index (χ1n) is 15.2. The van der Waals surface area contributed by atoms with Gasteiger partial charge >= 0.3 is 0 Å². The average molecular weight is 601 g/mol. The molecule has 1 atom stereocenters. The van der Waals surface area contributed by atoms with Gasteiger partial charge in [-0.3, -0.25) is 9.59 Å². The normalized spacial score (nSPS) is 19.8. The molecule has 8 nitrogen and oxygen atoms in total. The second-order valence-corrected chi connectivity index (χ2v) is 14.3. The molecule has 0 aliphatic carbocycles. The van der Waals surface area contributed by atoms with Crippen molar-refractivity contribution >= 4 is 39.0 Å². The summed E-state index contributed by atoms with van der Waals surface area (Å²) in [5.74, 6) is -0.377. The summed E-state index contributed by atoms with van der Waals surface area (Å²) in [4.78, 5) is 35.0. The van der Waals surface area contributed by atoms with E-state index in [2.05, 4.69) is 15.2 Å². The minimum Gasteiger partial charge on any atom is -0.358 e. The highest BCUT2D eigenvalue weighted by molar-refractivity contribution is 7.90. The fourth-order valence-electron chi connectivity index (χ4n) is 6.94. The smallest absolute Gasteiger partial charge is 0.256 e. The summed E-state index contributed by atoms with van der Waals surface area (Å²) in [6.07, 6.45) is 6.23. The van der Waals surface area contributed by atoms with E-state index < -0.39 is 9.84 Å². The Hall–Kier alpha value is -3.69. The third-order valence-corrected chi connectivity index (χ3v) is 11.0. The van der Waals surface area contributed by atoms with Crippen LogP contribution >= 0.6 is 0 Å². The van der Waals surface area contributed by atoms with Crippen molar-refractivity contribution in [3.63, 3.8) is 0 Å². The van der Waals surface area contributed by atoms with Crippen LogP contribution in [0.5, 0.6) is 0 Å². The van der Waals surface area contributed by atoms with Crippen LogP contribution in [0, 0.1) is 27.7 Å². The van der Waals surface area contributed by atoms with E-state index in [9.17, 15) is 18.0 Å². The van der Waals surface area contributed by atoms with Crippen molar-refractivity contribution in [1.29, 1.82) is 0 Å². The van der Waals surface area contributed by atoms with Gasteiger partial charge in [0, 0.05) is 41.8 Å². The number of nitrogens with one attached hydrogen (secondary N) is 2. The summed E-state index contributed by atoms with van der Waals surface area (Å²) in [5.41, 5.74) is 7.04. The number of sulfone groups is 1. The largest absolute Gasteiger partial charge is 0.358 e. The number of H-pyrrole nitrogens is 1. The maximum absolute atomic E-state index is 13.9. The van der Waals surface area contributed by atoms with Crippen LogP contribution in [0.2, 0.25) is 0 Å². The molecule has 2 N–H and O–H groups in total. The van der Waals surface area contributed by atoms with E-state index in [0.29, 0.717) is 28.1 Å². The number of anilines is 1. The van der Waals surface area contributed by atoms with Crippen LogP contribution < -0.4 is 5.32 Å². The molecular formula is C34H40N4O4S. The van der Waals surface area contributed by atoms with E-state index in [1.165, 1.54) is 12.8 Å². The fourth-order valence-corrected chi connectivity index (χ4v) is 8.51. The van der Waals surface area contributed by atoms with Gasteiger partial charge in [0.2, 0.25) is 0 Å². The van der Waals surface area contributed by atoms with Crippen LogP contribution in [0.1, 0.15) is 75.2 Å². The molecule has 4 heterocycles. The molecule has 226 valence electrons. The van der Waals surface area contributed by atoms with Crippen molar-refractivity contribution in [2.24, 2.45) is 0 Å². The van der Waals surface area contributed by atoms with Crippen molar-refractivity contribution in [3.05, 3.63) is 81.2 Å². The molecule has 2 fully saturated rings. The minimum absolute atomic E-state index is 0.0359. The predicted octanol–water partition coefficient (Wildman–Crippen LogP) is 5.42. The van der Waals surface area contributed by atoms with Gasteiger partial charge in [-0.15, -0.1) is 0 Å². The quantitative estimate of drug-likeness (QED) is 0.353. The zero-order valence-electron chi connectivity index (χ0n) is 25.4. The van der Waals surface area contributed by atoms with Gasteiger partial charge in [0.05, 0.1) is 21.8 Å². The first-order valence-corrected chi connectivity index (χ1v) is 16.9. The highest BCUT2D eigenvalue weighted by Gasteiger charge is 2.34. The van der Waals surface area contributed by atoms with Gasteiger partial charge in [-0.1, -0.05) is 18.2 Å². The third-order valence-electron chi connectivity index (χ3n) is 9.40. The van der Waals surface area contributed by atoms with Gasteiger partial charge in [0.1, 0.15) is 0 Å². The predicted molar refractivity (Wildman–Crippen MR) is 170 cm³/mol. The number of likely N-dealkylation sites (tertiary alicyclic amines) is 2. The maximum atomic E-state index is 13.9.